The Bertz CT molecular complexity index is 1390. The summed E-state index contributed by atoms with van der Waals surface area (Å²) in [6.45, 7) is 8.35. The predicted octanol–water partition coefficient (Wildman–Crippen LogP) is 6.29. The normalized spacial score (nSPS) is 20.5. The first-order valence-electron chi connectivity index (χ1n) is 13.2. The number of benzene rings is 2. The summed E-state index contributed by atoms with van der Waals surface area (Å²) >= 11 is 0. The van der Waals surface area contributed by atoms with E-state index in [2.05, 4.69) is 32.6 Å². The molecule has 2 aromatic rings. The fourth-order valence-corrected chi connectivity index (χ4v) is 6.40. The summed E-state index contributed by atoms with van der Waals surface area (Å²) in [4.78, 5) is 41.7. The highest BCUT2D eigenvalue weighted by atomic mass is 16.5. The lowest BCUT2D eigenvalue weighted by molar-refractivity contribution is -0.119. The van der Waals surface area contributed by atoms with Crippen molar-refractivity contribution in [3.8, 4) is 11.5 Å². The van der Waals surface area contributed by atoms with Crippen LogP contribution in [0.4, 0.5) is 5.69 Å². The first-order valence-corrected chi connectivity index (χ1v) is 13.2. The van der Waals surface area contributed by atoms with Crippen LogP contribution in [0.25, 0.3) is 0 Å². The lowest BCUT2D eigenvalue weighted by Crippen LogP contribution is -2.44. The molecule has 39 heavy (non-hydrogen) atoms. The van der Waals surface area contributed by atoms with E-state index in [0.29, 0.717) is 48.3 Å². The molecule has 0 aromatic heterocycles. The highest BCUT2D eigenvalue weighted by molar-refractivity contribution is 6.08. The fourth-order valence-electron chi connectivity index (χ4n) is 6.40. The van der Waals surface area contributed by atoms with E-state index in [1.807, 2.05) is 12.1 Å². The quantitative estimate of drug-likeness (QED) is 0.486. The van der Waals surface area contributed by atoms with Gasteiger partial charge in [-0.3, -0.25) is 9.59 Å². The molecule has 1 N–H and O–H groups in total. The van der Waals surface area contributed by atoms with E-state index >= 15 is 0 Å². The number of carbonyl (C=O) groups excluding carboxylic acids is 2. The molecule has 7 heteroatoms. The van der Waals surface area contributed by atoms with Crippen molar-refractivity contribution in [1.82, 2.24) is 0 Å². The van der Waals surface area contributed by atoms with Crippen LogP contribution in [0, 0.1) is 10.8 Å². The van der Waals surface area contributed by atoms with Crippen molar-refractivity contribution in [2.75, 3.05) is 19.1 Å². The third-order valence-corrected chi connectivity index (χ3v) is 8.03. The molecule has 0 unspecified atom stereocenters. The zero-order valence-electron chi connectivity index (χ0n) is 23.4. The average Bonchev–Trinajstić information content (AvgIpc) is 2.85. The Morgan fingerprint density at radius 2 is 1.36 bits per heavy atom. The van der Waals surface area contributed by atoms with Gasteiger partial charge in [-0.2, -0.15) is 0 Å². The second kappa shape index (κ2) is 9.40. The highest BCUT2D eigenvalue weighted by Crippen LogP contribution is 2.56. The minimum Gasteiger partial charge on any atom is -0.497 e. The highest BCUT2D eigenvalue weighted by Gasteiger charge is 2.50. The molecule has 0 atom stereocenters. The number of allylic oxidation sites excluding steroid dienone is 4. The molecule has 0 radical (unpaired) electrons. The minimum atomic E-state index is -1.00. The Hall–Kier alpha value is -3.87. The van der Waals surface area contributed by atoms with E-state index in [-0.39, 0.29) is 28.0 Å². The number of anilines is 1. The molecule has 0 fully saturated rings. The summed E-state index contributed by atoms with van der Waals surface area (Å²) in [6.07, 6.45) is 2.01. The molecular weight excluding hydrogens is 494 g/mol. The van der Waals surface area contributed by atoms with Gasteiger partial charge in [-0.05, 0) is 54.0 Å². The van der Waals surface area contributed by atoms with Gasteiger partial charge in [-0.25, -0.2) is 4.79 Å². The topological polar surface area (TPSA) is 93.1 Å². The Morgan fingerprint density at radius 3 is 1.82 bits per heavy atom. The summed E-state index contributed by atoms with van der Waals surface area (Å²) in [5, 5.41) is 9.47. The maximum absolute atomic E-state index is 14.0. The van der Waals surface area contributed by atoms with Gasteiger partial charge in [0, 0.05) is 58.6 Å². The largest absolute Gasteiger partial charge is 0.497 e. The van der Waals surface area contributed by atoms with E-state index < -0.39 is 11.9 Å². The number of carboxylic acids is 1. The molecule has 1 aliphatic heterocycles. The number of nitrogens with zero attached hydrogens (tertiary/aromatic N) is 1. The molecule has 2 aliphatic carbocycles. The van der Waals surface area contributed by atoms with Gasteiger partial charge in [0.2, 0.25) is 0 Å². The minimum absolute atomic E-state index is 0.0143. The average molecular weight is 530 g/mol. The number of hydrogen-bond donors (Lipinski definition) is 1. The molecule has 204 valence electrons. The van der Waals surface area contributed by atoms with Gasteiger partial charge in [0.1, 0.15) is 11.5 Å². The molecule has 7 nitrogen and oxygen atoms in total. The monoisotopic (exact) mass is 529 g/mol. The lowest BCUT2D eigenvalue weighted by atomic mass is 9.63. The summed E-state index contributed by atoms with van der Waals surface area (Å²) in [5.41, 5.74) is 4.10. The van der Waals surface area contributed by atoms with Crippen molar-refractivity contribution < 1.29 is 29.0 Å². The molecule has 2 aromatic carbocycles. The van der Waals surface area contributed by atoms with E-state index in [0.717, 1.165) is 22.6 Å². The van der Waals surface area contributed by atoms with E-state index in [1.54, 1.807) is 44.6 Å². The van der Waals surface area contributed by atoms with Gasteiger partial charge >= 0.3 is 5.97 Å². The zero-order valence-corrected chi connectivity index (χ0v) is 23.4. The van der Waals surface area contributed by atoms with Crippen LogP contribution in [0.2, 0.25) is 0 Å². The van der Waals surface area contributed by atoms with Crippen LogP contribution in [0.5, 0.6) is 11.5 Å². The molecule has 3 aliphatic rings. The van der Waals surface area contributed by atoms with Gasteiger partial charge < -0.3 is 19.5 Å². The lowest BCUT2D eigenvalue weighted by Gasteiger charge is -2.49. The maximum atomic E-state index is 14.0. The molecule has 5 rings (SSSR count). The Morgan fingerprint density at radius 1 is 0.821 bits per heavy atom. The number of carboxylic acid groups (broad SMARTS) is 1. The third kappa shape index (κ3) is 4.64. The first kappa shape index (κ1) is 26.7. The van der Waals surface area contributed by atoms with Crippen molar-refractivity contribution in [2.24, 2.45) is 10.8 Å². The smallest absolute Gasteiger partial charge is 0.335 e. The van der Waals surface area contributed by atoms with E-state index in [9.17, 15) is 19.5 Å². The Labute approximate surface area is 229 Å². The third-order valence-electron chi connectivity index (χ3n) is 8.03. The number of methoxy groups -OCH3 is 2. The molecule has 0 bridgehead atoms. The summed E-state index contributed by atoms with van der Waals surface area (Å²) < 4.78 is 11.2. The van der Waals surface area contributed by atoms with Crippen LogP contribution in [0.3, 0.4) is 0 Å². The molecule has 0 saturated heterocycles. The number of aromatic carboxylic acids is 1. The number of hydrogen-bond acceptors (Lipinski definition) is 6. The van der Waals surface area contributed by atoms with Crippen molar-refractivity contribution in [1.29, 1.82) is 0 Å². The van der Waals surface area contributed by atoms with Gasteiger partial charge in [0.05, 0.1) is 19.8 Å². The van der Waals surface area contributed by atoms with Crippen molar-refractivity contribution in [3.05, 3.63) is 76.1 Å². The predicted molar refractivity (Wildman–Crippen MR) is 148 cm³/mol. The molecule has 0 saturated carbocycles. The molecule has 0 amide bonds. The zero-order chi connectivity index (χ0) is 28.3. The fraction of sp³-hybridized carbons (Fsp3) is 0.406. The van der Waals surface area contributed by atoms with Crippen LogP contribution >= 0.6 is 0 Å². The first-order chi connectivity index (χ1) is 18.4. The van der Waals surface area contributed by atoms with Gasteiger partial charge in [-0.15, -0.1) is 0 Å². The number of carbonyl (C=O) groups is 3. The molecule has 1 heterocycles. The molecule has 0 spiro atoms. The standard InChI is InChI=1S/C32H35NO6/c1-31(2)14-22-28(24(34)16-31)27(21-12-11-20(38-5)13-26(21)39-6)29-23(15-32(3,4)17-25(29)35)33(22)19-9-7-18(8-10-19)30(36)37/h7-13,27H,14-17H2,1-6H3,(H,36,37). The SMILES string of the molecule is COc1ccc(C2C3=C(CC(C)(C)CC3=O)N(c3ccc(C(=O)O)cc3)C3=C2C(=O)CC(C)(C)C3)c(OC)c1. The van der Waals surface area contributed by atoms with Gasteiger partial charge in [-0.1, -0.05) is 33.8 Å². The number of ketones is 2. The van der Waals surface area contributed by atoms with Crippen molar-refractivity contribution >= 4 is 23.2 Å². The number of Topliss-reactive ketones (excluding diaryl/α,β-unsaturated/α-hetero) is 2. The summed E-state index contributed by atoms with van der Waals surface area (Å²) in [7, 11) is 3.17. The van der Waals surface area contributed by atoms with Gasteiger partial charge in [0.15, 0.2) is 11.6 Å². The van der Waals surface area contributed by atoms with Crippen LogP contribution in [-0.2, 0) is 9.59 Å². The van der Waals surface area contributed by atoms with E-state index in [1.165, 1.54) is 0 Å². The maximum Gasteiger partial charge on any atom is 0.335 e. The van der Waals surface area contributed by atoms with Crippen LogP contribution in [0.1, 0.15) is 75.2 Å². The summed E-state index contributed by atoms with van der Waals surface area (Å²) in [6, 6.07) is 12.2. The van der Waals surface area contributed by atoms with Crippen molar-refractivity contribution in [2.45, 2.75) is 59.3 Å². The molecular formula is C32H35NO6. The van der Waals surface area contributed by atoms with Crippen LogP contribution in [-0.4, -0.2) is 36.9 Å². The second-order valence-electron chi connectivity index (χ2n) is 12.3. The Balaban J connectivity index is 1.83. The summed E-state index contributed by atoms with van der Waals surface area (Å²) in [5.74, 6) is -0.345. The Kier molecular flexibility index (Phi) is 6.44. The van der Waals surface area contributed by atoms with E-state index in [4.69, 9.17) is 9.47 Å². The number of rotatable bonds is 5. The van der Waals surface area contributed by atoms with Crippen LogP contribution < -0.4 is 14.4 Å². The van der Waals surface area contributed by atoms with Crippen LogP contribution in [0.15, 0.2) is 65.0 Å². The van der Waals surface area contributed by atoms with Gasteiger partial charge in [0.25, 0.3) is 0 Å². The second-order valence-corrected chi connectivity index (χ2v) is 12.3. The van der Waals surface area contributed by atoms with Crippen molar-refractivity contribution in [3.63, 3.8) is 0 Å². The number of ether oxygens (including phenoxy) is 2.